The Morgan fingerprint density at radius 1 is 1.07 bits per heavy atom. The van der Waals surface area contributed by atoms with Gasteiger partial charge < -0.3 is 8.92 Å². The second-order valence-electron chi connectivity index (χ2n) is 7.11. The smallest absolute Gasteiger partial charge is 0.238 e. The minimum atomic E-state index is -3.69. The van der Waals surface area contributed by atoms with Gasteiger partial charge in [-0.3, -0.25) is 4.72 Å². The Balaban J connectivity index is 1.45. The van der Waals surface area contributed by atoms with Crippen LogP contribution in [-0.4, -0.2) is 23.0 Å². The van der Waals surface area contributed by atoms with Crippen molar-refractivity contribution in [1.82, 2.24) is 14.5 Å². The zero-order valence-corrected chi connectivity index (χ0v) is 16.9. The molecule has 3 heterocycles. The van der Waals surface area contributed by atoms with E-state index in [0.29, 0.717) is 22.4 Å². The maximum atomic E-state index is 12.8. The molecule has 3 aromatic heterocycles. The quantitative estimate of drug-likeness (QED) is 0.457. The average molecular weight is 418 g/mol. The summed E-state index contributed by atoms with van der Waals surface area (Å²) < 4.78 is 35.5. The summed E-state index contributed by atoms with van der Waals surface area (Å²) in [7, 11) is -3.69. The molecular formula is C22H18N4O3S. The van der Waals surface area contributed by atoms with Gasteiger partial charge in [-0.25, -0.2) is 13.4 Å². The fourth-order valence-corrected chi connectivity index (χ4v) is 4.59. The molecule has 0 aliphatic heterocycles. The van der Waals surface area contributed by atoms with E-state index in [0.717, 1.165) is 22.5 Å². The molecule has 0 unspecified atom stereocenters. The van der Waals surface area contributed by atoms with Gasteiger partial charge in [-0.15, -0.1) is 0 Å². The summed E-state index contributed by atoms with van der Waals surface area (Å²) in [4.78, 5) is 4.61. The van der Waals surface area contributed by atoms with Crippen LogP contribution >= 0.6 is 0 Å². The van der Waals surface area contributed by atoms with Gasteiger partial charge in [0.25, 0.3) is 0 Å². The molecule has 150 valence electrons. The number of hydrogen-bond donors (Lipinski definition) is 1. The van der Waals surface area contributed by atoms with Crippen molar-refractivity contribution >= 4 is 32.3 Å². The maximum absolute atomic E-state index is 12.8. The molecule has 0 saturated heterocycles. The Morgan fingerprint density at radius 3 is 2.77 bits per heavy atom. The first kappa shape index (κ1) is 18.4. The zero-order chi connectivity index (χ0) is 20.7. The number of fused-ring (bicyclic) bond motifs is 2. The maximum Gasteiger partial charge on any atom is 0.238 e. The van der Waals surface area contributed by atoms with E-state index in [1.807, 2.05) is 66.2 Å². The van der Waals surface area contributed by atoms with Crippen LogP contribution in [0.2, 0.25) is 0 Å². The molecule has 8 heteroatoms. The van der Waals surface area contributed by atoms with E-state index < -0.39 is 10.0 Å². The Hall–Kier alpha value is -3.65. The van der Waals surface area contributed by atoms with Gasteiger partial charge in [0, 0.05) is 23.3 Å². The van der Waals surface area contributed by atoms with Gasteiger partial charge in [0.15, 0.2) is 5.58 Å². The summed E-state index contributed by atoms with van der Waals surface area (Å²) in [5, 5.41) is 4.62. The Bertz CT molecular complexity index is 1450. The average Bonchev–Trinajstić information content (AvgIpc) is 3.34. The van der Waals surface area contributed by atoms with E-state index in [9.17, 15) is 8.42 Å². The minimum absolute atomic E-state index is 0.276. The molecule has 0 fully saturated rings. The monoisotopic (exact) mass is 418 g/mol. The third-order valence-electron chi connectivity index (χ3n) is 4.94. The predicted octanol–water partition coefficient (Wildman–Crippen LogP) is 4.39. The van der Waals surface area contributed by atoms with Crippen molar-refractivity contribution in [2.75, 3.05) is 4.72 Å². The molecule has 0 atom stereocenters. The largest absolute Gasteiger partial charge is 0.356 e. The number of hydrogen-bond acceptors (Lipinski definition) is 5. The van der Waals surface area contributed by atoms with Gasteiger partial charge in [0.2, 0.25) is 10.0 Å². The van der Waals surface area contributed by atoms with Crippen LogP contribution in [0.25, 0.3) is 27.9 Å². The van der Waals surface area contributed by atoms with E-state index in [2.05, 4.69) is 14.9 Å². The Morgan fingerprint density at radius 2 is 1.90 bits per heavy atom. The molecule has 2 aromatic carbocycles. The van der Waals surface area contributed by atoms with Gasteiger partial charge in [0.1, 0.15) is 17.1 Å². The van der Waals surface area contributed by atoms with Crippen LogP contribution < -0.4 is 4.72 Å². The van der Waals surface area contributed by atoms with Gasteiger partial charge >= 0.3 is 0 Å². The third kappa shape index (κ3) is 3.42. The summed E-state index contributed by atoms with van der Waals surface area (Å²) in [6.07, 6.45) is 3.84. The molecule has 7 nitrogen and oxygen atoms in total. The number of rotatable bonds is 5. The summed E-state index contributed by atoms with van der Waals surface area (Å²) in [6.45, 7) is 1.86. The first-order valence-corrected chi connectivity index (χ1v) is 11.0. The molecule has 5 rings (SSSR count). The highest BCUT2D eigenvalue weighted by Crippen LogP contribution is 2.27. The number of imidazole rings is 1. The molecule has 0 aliphatic rings. The number of aryl methyl sites for hydroxylation is 1. The van der Waals surface area contributed by atoms with Crippen LogP contribution in [0, 0.1) is 6.92 Å². The van der Waals surface area contributed by atoms with E-state index in [-0.39, 0.29) is 5.75 Å². The van der Waals surface area contributed by atoms with Gasteiger partial charge in [-0.1, -0.05) is 35.5 Å². The summed E-state index contributed by atoms with van der Waals surface area (Å²) in [5.41, 5.74) is 4.69. The second kappa shape index (κ2) is 7.00. The number of anilines is 1. The van der Waals surface area contributed by atoms with E-state index in [1.165, 1.54) is 0 Å². The van der Waals surface area contributed by atoms with Gasteiger partial charge in [0.05, 0.1) is 11.4 Å². The first-order chi connectivity index (χ1) is 14.5. The highest BCUT2D eigenvalue weighted by molar-refractivity contribution is 7.91. The van der Waals surface area contributed by atoms with Crippen LogP contribution in [0.15, 0.2) is 77.6 Å². The van der Waals surface area contributed by atoms with Gasteiger partial charge in [-0.05, 0) is 42.8 Å². The van der Waals surface area contributed by atoms with Crippen LogP contribution in [0.5, 0.6) is 0 Å². The van der Waals surface area contributed by atoms with Crippen LogP contribution in [0.4, 0.5) is 5.69 Å². The van der Waals surface area contributed by atoms with E-state index in [1.54, 1.807) is 18.2 Å². The third-order valence-corrected chi connectivity index (χ3v) is 6.13. The second-order valence-corrected chi connectivity index (χ2v) is 8.83. The number of benzene rings is 2. The Labute approximate surface area is 173 Å². The highest BCUT2D eigenvalue weighted by atomic mass is 32.2. The fraction of sp³-hybridized carbons (Fsp3) is 0.0909. The summed E-state index contributed by atoms with van der Waals surface area (Å²) >= 11 is 0. The molecule has 0 saturated carbocycles. The number of nitrogens with one attached hydrogen (secondary N) is 1. The van der Waals surface area contributed by atoms with Crippen molar-refractivity contribution in [1.29, 1.82) is 0 Å². The number of sulfonamides is 1. The molecule has 0 bridgehead atoms. The van der Waals surface area contributed by atoms with Crippen LogP contribution in [0.3, 0.4) is 0 Å². The van der Waals surface area contributed by atoms with Gasteiger partial charge in [-0.2, -0.15) is 0 Å². The molecular weight excluding hydrogens is 400 g/mol. The van der Waals surface area contributed by atoms with Crippen LogP contribution in [0.1, 0.15) is 11.3 Å². The standard InChI is InChI=1S/C22H18N4O3S/c1-15-9-10-16(19-13-26-11-5-4-8-22(26)23-19)12-18(15)25-30(27,28)14-20-17-6-2-3-7-21(17)29-24-20/h2-13,25H,14H2,1H3. The lowest BCUT2D eigenvalue weighted by Crippen LogP contribution is -2.16. The lowest BCUT2D eigenvalue weighted by atomic mass is 10.1. The van der Waals surface area contributed by atoms with Crippen LogP contribution in [-0.2, 0) is 15.8 Å². The molecule has 30 heavy (non-hydrogen) atoms. The normalized spacial score (nSPS) is 11.9. The summed E-state index contributed by atoms with van der Waals surface area (Å²) in [6, 6.07) is 18.6. The van der Waals surface area contributed by atoms with Crippen molar-refractivity contribution in [3.63, 3.8) is 0 Å². The van der Waals surface area contributed by atoms with Crippen molar-refractivity contribution in [3.05, 3.63) is 84.3 Å². The minimum Gasteiger partial charge on any atom is -0.356 e. The first-order valence-electron chi connectivity index (χ1n) is 9.37. The molecule has 0 amide bonds. The lowest BCUT2D eigenvalue weighted by molar-refractivity contribution is 0.448. The molecule has 0 radical (unpaired) electrons. The van der Waals surface area contributed by atoms with Crippen molar-refractivity contribution in [3.8, 4) is 11.3 Å². The van der Waals surface area contributed by atoms with E-state index in [4.69, 9.17) is 4.52 Å². The molecule has 0 aliphatic carbocycles. The SMILES string of the molecule is Cc1ccc(-c2cn3ccccc3n2)cc1NS(=O)(=O)Cc1noc2ccccc12. The number of para-hydroxylation sites is 1. The highest BCUT2D eigenvalue weighted by Gasteiger charge is 2.19. The zero-order valence-electron chi connectivity index (χ0n) is 16.1. The van der Waals surface area contributed by atoms with Crippen molar-refractivity contribution in [2.45, 2.75) is 12.7 Å². The molecule has 1 N–H and O–H groups in total. The lowest BCUT2D eigenvalue weighted by Gasteiger charge is -2.11. The molecule has 5 aromatic rings. The molecule has 0 spiro atoms. The van der Waals surface area contributed by atoms with Crippen molar-refractivity contribution < 1.29 is 12.9 Å². The fourth-order valence-electron chi connectivity index (χ4n) is 3.39. The van der Waals surface area contributed by atoms with Crippen molar-refractivity contribution in [2.24, 2.45) is 0 Å². The predicted molar refractivity (Wildman–Crippen MR) is 116 cm³/mol. The Kier molecular flexibility index (Phi) is 4.29. The number of nitrogens with zero attached hydrogens (tertiary/aromatic N) is 3. The summed E-state index contributed by atoms with van der Waals surface area (Å²) in [5.74, 6) is -0.276. The topological polar surface area (TPSA) is 89.5 Å². The van der Waals surface area contributed by atoms with E-state index >= 15 is 0 Å². The number of aromatic nitrogens is 3. The number of pyridine rings is 1.